The monoisotopic (exact) mass is 683 g/mol. The van der Waals surface area contributed by atoms with Crippen LogP contribution in [0, 0.1) is 11.8 Å². The van der Waals surface area contributed by atoms with Crippen molar-refractivity contribution in [3.8, 4) is 0 Å². The van der Waals surface area contributed by atoms with Crippen molar-refractivity contribution in [3.63, 3.8) is 0 Å². The summed E-state index contributed by atoms with van der Waals surface area (Å²) < 4.78 is 24.7. The number of carbonyl (C=O) groups is 4. The molecule has 1 fully saturated rings. The number of nitrogens with one attached hydrogen (secondary N) is 1. The van der Waals surface area contributed by atoms with Gasteiger partial charge in [0.05, 0.1) is 19.4 Å². The van der Waals surface area contributed by atoms with E-state index in [9.17, 15) is 19.2 Å². The van der Waals surface area contributed by atoms with Crippen LogP contribution in [0.5, 0.6) is 0 Å². The van der Waals surface area contributed by atoms with Gasteiger partial charge in [0.2, 0.25) is 0 Å². The number of methoxy groups -OCH3 is 1. The molecule has 1 aliphatic heterocycles. The number of carbonyl (C=O) groups excluding carboxylic acids is 4. The van der Waals surface area contributed by atoms with Gasteiger partial charge in [-0.25, -0.2) is 15.0 Å². The smallest absolute Gasteiger partial charge is 0.312 e. The van der Waals surface area contributed by atoms with Crippen molar-refractivity contribution in [2.24, 2.45) is 11.8 Å². The molecule has 262 valence electrons. The molecule has 2 aromatic carbocycles. The first kappa shape index (κ1) is 35.9. The van der Waals surface area contributed by atoms with Gasteiger partial charge in [-0.1, -0.05) is 60.7 Å². The van der Waals surface area contributed by atoms with Gasteiger partial charge in [0.25, 0.3) is 5.91 Å². The van der Waals surface area contributed by atoms with E-state index in [1.807, 2.05) is 36.4 Å². The predicted molar refractivity (Wildman–Crippen MR) is 183 cm³/mol. The maximum Gasteiger partial charge on any atom is 0.312 e. The van der Waals surface area contributed by atoms with Crippen LogP contribution < -0.4 is 5.32 Å². The van der Waals surface area contributed by atoms with Crippen LogP contribution in [-0.2, 0) is 39.8 Å². The molecule has 1 N–H and O–H groups in total. The number of aryl methyl sites for hydroxylation is 1. The van der Waals surface area contributed by atoms with Gasteiger partial charge < -0.3 is 24.3 Å². The second kappa shape index (κ2) is 16.8. The van der Waals surface area contributed by atoms with E-state index in [2.05, 4.69) is 32.4 Å². The summed E-state index contributed by atoms with van der Waals surface area (Å²) in [4.78, 5) is 62.9. The highest BCUT2D eigenvalue weighted by atomic mass is 16.6. The van der Waals surface area contributed by atoms with E-state index in [0.29, 0.717) is 29.6 Å². The number of fused-ring (bicyclic) bond motifs is 1. The Kier molecular flexibility index (Phi) is 12.0. The first-order chi connectivity index (χ1) is 24.1. The predicted octanol–water partition coefficient (Wildman–Crippen LogP) is 5.23. The van der Waals surface area contributed by atoms with Crippen molar-refractivity contribution in [2.45, 2.75) is 71.0 Å². The Labute approximate surface area is 290 Å². The van der Waals surface area contributed by atoms with Gasteiger partial charge in [0, 0.05) is 19.4 Å². The number of hydrogen-bond acceptors (Lipinski definition) is 11. The summed E-state index contributed by atoms with van der Waals surface area (Å²) >= 11 is 0. The molecule has 0 bridgehead atoms. The Balaban J connectivity index is 1.44. The summed E-state index contributed by atoms with van der Waals surface area (Å²) in [7, 11) is 1.36. The lowest BCUT2D eigenvalue weighted by molar-refractivity contribution is -0.165. The minimum atomic E-state index is -1.04. The third-order valence-corrected chi connectivity index (χ3v) is 8.51. The summed E-state index contributed by atoms with van der Waals surface area (Å²) in [5.41, 5.74) is 2.22. The molecule has 0 spiro atoms. The second-order valence-corrected chi connectivity index (χ2v) is 12.2. The van der Waals surface area contributed by atoms with Gasteiger partial charge in [-0.2, -0.15) is 0 Å². The highest BCUT2D eigenvalue weighted by Crippen LogP contribution is 2.39. The van der Waals surface area contributed by atoms with Gasteiger partial charge in [0.1, 0.15) is 12.4 Å². The Morgan fingerprint density at radius 3 is 2.30 bits per heavy atom. The number of benzene rings is 2. The van der Waals surface area contributed by atoms with Crippen LogP contribution in [0.3, 0.4) is 0 Å². The van der Waals surface area contributed by atoms with E-state index in [1.165, 1.54) is 39.2 Å². The fourth-order valence-corrected chi connectivity index (χ4v) is 6.09. The summed E-state index contributed by atoms with van der Waals surface area (Å²) in [5.74, 6) is -2.05. The molecule has 0 radical (unpaired) electrons. The highest BCUT2D eigenvalue weighted by molar-refractivity contribution is 6.06. The van der Waals surface area contributed by atoms with E-state index in [4.69, 9.17) is 18.9 Å². The molecular formula is C37H41N5O8. The maximum absolute atomic E-state index is 12.9. The molecule has 1 unspecified atom stereocenters. The average molecular weight is 684 g/mol. The number of amides is 1. The number of nitrogens with zero attached hydrogens (tertiary/aromatic N) is 4. The van der Waals surface area contributed by atoms with Gasteiger partial charge in [-0.3, -0.25) is 23.7 Å². The van der Waals surface area contributed by atoms with E-state index in [0.717, 1.165) is 12.8 Å². The molecule has 1 amide bonds. The molecule has 0 aliphatic carbocycles. The zero-order valence-corrected chi connectivity index (χ0v) is 28.4. The number of imidazole rings is 1. The molecule has 50 heavy (non-hydrogen) atoms. The minimum absolute atomic E-state index is 0.0257. The van der Waals surface area contributed by atoms with E-state index < -0.39 is 42.4 Å². The van der Waals surface area contributed by atoms with Crippen LogP contribution in [0.2, 0.25) is 0 Å². The highest BCUT2D eigenvalue weighted by Gasteiger charge is 2.51. The Hall–Kier alpha value is -5.43. The largest absolute Gasteiger partial charge is 0.469 e. The summed E-state index contributed by atoms with van der Waals surface area (Å²) in [5, 5.41) is 2.79. The van der Waals surface area contributed by atoms with Crippen molar-refractivity contribution >= 4 is 40.8 Å². The first-order valence-corrected chi connectivity index (χ1v) is 16.5. The molecule has 5 rings (SSSR count). The van der Waals surface area contributed by atoms with Crippen LogP contribution in [0.1, 0.15) is 62.2 Å². The fourth-order valence-electron chi connectivity index (χ4n) is 6.09. The molecule has 4 aromatic rings. The van der Waals surface area contributed by atoms with Crippen molar-refractivity contribution in [1.29, 1.82) is 0 Å². The van der Waals surface area contributed by atoms with Crippen LogP contribution >= 0.6 is 0 Å². The second-order valence-electron chi connectivity index (χ2n) is 12.2. The lowest BCUT2D eigenvalue weighted by Gasteiger charge is -2.25. The zero-order chi connectivity index (χ0) is 35.6. The SMILES string of the molecule is COC(=O)[C@H](C)/C=C/C[C@H](CCc1ccccc1)C[C@H]1O[C@@H](n2cnc3c(NC(=O)c4ccccc4)ncnc32)C(OC(C)=O)[C@H]1OC(C)=O. The van der Waals surface area contributed by atoms with Crippen molar-refractivity contribution < 1.29 is 38.1 Å². The van der Waals surface area contributed by atoms with Crippen LogP contribution in [0.4, 0.5) is 5.82 Å². The Morgan fingerprint density at radius 1 is 0.940 bits per heavy atom. The standard InChI is InChI=1S/C37H41N5O8/c1-23(37(46)47-4)12-11-15-27(19-18-26-13-7-5-8-14-26)20-29-31(48-24(2)43)32(49-25(3)44)36(50-29)42-22-40-30-33(38-21-39-34(30)42)41-35(45)28-16-9-6-10-17-28/h5-14,16-17,21-23,27,29,31-32,36H,15,18-20H2,1-4H3,(H,38,39,41,45)/b12-11+/t23-,27-,29-,31+,32?,36-/m1/s1. The Morgan fingerprint density at radius 2 is 1.62 bits per heavy atom. The maximum atomic E-state index is 12.9. The number of anilines is 1. The number of allylic oxidation sites excluding steroid dienone is 1. The van der Waals surface area contributed by atoms with Gasteiger partial charge in [0.15, 0.2) is 35.4 Å². The molecular weight excluding hydrogens is 642 g/mol. The molecule has 3 heterocycles. The number of esters is 3. The Bertz CT molecular complexity index is 1810. The summed E-state index contributed by atoms with van der Waals surface area (Å²) in [6.45, 7) is 4.33. The number of rotatable bonds is 14. The normalized spacial score (nSPS) is 19.9. The number of hydrogen-bond donors (Lipinski definition) is 1. The lowest BCUT2D eigenvalue weighted by atomic mass is 9.89. The molecule has 1 aliphatic rings. The van der Waals surface area contributed by atoms with Crippen molar-refractivity contribution in [3.05, 3.63) is 96.6 Å². The number of aromatic nitrogens is 4. The molecule has 6 atom stereocenters. The van der Waals surface area contributed by atoms with Gasteiger partial charge in [-0.15, -0.1) is 0 Å². The van der Waals surface area contributed by atoms with E-state index >= 15 is 0 Å². The minimum Gasteiger partial charge on any atom is -0.469 e. The van der Waals surface area contributed by atoms with Gasteiger partial charge in [-0.05, 0) is 56.2 Å². The van der Waals surface area contributed by atoms with E-state index in [1.54, 1.807) is 35.8 Å². The van der Waals surface area contributed by atoms with Crippen molar-refractivity contribution in [2.75, 3.05) is 12.4 Å². The molecule has 0 saturated carbocycles. The third kappa shape index (κ3) is 8.97. The average Bonchev–Trinajstić information content (AvgIpc) is 3.68. The fraction of sp³-hybridized carbons (Fsp3) is 0.378. The van der Waals surface area contributed by atoms with Crippen molar-refractivity contribution in [1.82, 2.24) is 19.5 Å². The lowest BCUT2D eigenvalue weighted by Crippen LogP contribution is -2.39. The van der Waals surface area contributed by atoms with Crippen LogP contribution in [-0.4, -0.2) is 68.8 Å². The topological polar surface area (TPSA) is 161 Å². The van der Waals surface area contributed by atoms with Crippen LogP contribution in [0.15, 0.2) is 85.5 Å². The molecule has 1 saturated heterocycles. The molecule has 13 heteroatoms. The molecule has 2 aromatic heterocycles. The van der Waals surface area contributed by atoms with Gasteiger partial charge >= 0.3 is 17.9 Å². The zero-order valence-electron chi connectivity index (χ0n) is 28.4. The van der Waals surface area contributed by atoms with Crippen LogP contribution in [0.25, 0.3) is 11.2 Å². The quantitative estimate of drug-likeness (QED) is 0.105. The summed E-state index contributed by atoms with van der Waals surface area (Å²) in [6.07, 6.45) is 5.48. The molecule has 13 nitrogen and oxygen atoms in total. The third-order valence-electron chi connectivity index (χ3n) is 8.51. The van der Waals surface area contributed by atoms with E-state index in [-0.39, 0.29) is 23.6 Å². The number of ether oxygens (including phenoxy) is 4. The summed E-state index contributed by atoms with van der Waals surface area (Å²) in [6, 6.07) is 18.8. The first-order valence-electron chi connectivity index (χ1n) is 16.5.